The van der Waals surface area contributed by atoms with E-state index in [9.17, 15) is 4.79 Å². The standard InChI is InChI=1S/C22H43NO2/c1-4-5-6-7-8-9-10-11-12-13-14-15-16-17-18-19-22(24)23-21(2)20-25-3/h11-12,21H,4-10,13-20H2,1-3H3,(H,23,24). The molecule has 3 heteroatoms. The molecule has 0 aromatic heterocycles. The molecule has 1 N–H and O–H groups in total. The molecule has 0 radical (unpaired) electrons. The lowest BCUT2D eigenvalue weighted by Gasteiger charge is -2.12. The minimum Gasteiger partial charge on any atom is -0.383 e. The van der Waals surface area contributed by atoms with Crippen LogP contribution < -0.4 is 5.32 Å². The van der Waals surface area contributed by atoms with Gasteiger partial charge in [-0.3, -0.25) is 4.79 Å². The topological polar surface area (TPSA) is 38.3 Å². The summed E-state index contributed by atoms with van der Waals surface area (Å²) >= 11 is 0. The fourth-order valence-electron chi connectivity index (χ4n) is 2.99. The Bertz CT molecular complexity index is 315. The lowest BCUT2D eigenvalue weighted by atomic mass is 10.1. The number of amides is 1. The van der Waals surface area contributed by atoms with E-state index in [4.69, 9.17) is 4.74 Å². The Morgan fingerprint density at radius 1 is 0.880 bits per heavy atom. The third kappa shape index (κ3) is 19.3. The molecule has 0 spiro atoms. The molecular formula is C22H43NO2. The highest BCUT2D eigenvalue weighted by atomic mass is 16.5. The molecule has 0 saturated heterocycles. The van der Waals surface area contributed by atoms with Crippen molar-refractivity contribution < 1.29 is 9.53 Å². The lowest BCUT2D eigenvalue weighted by Crippen LogP contribution is -2.35. The molecule has 0 fully saturated rings. The Morgan fingerprint density at radius 3 is 1.96 bits per heavy atom. The van der Waals surface area contributed by atoms with E-state index >= 15 is 0 Å². The van der Waals surface area contributed by atoms with Crippen molar-refractivity contribution >= 4 is 5.91 Å². The fourth-order valence-corrected chi connectivity index (χ4v) is 2.99. The SMILES string of the molecule is CCCCCCCCC=CCCCCCCCC(=O)NC(C)COC. The van der Waals surface area contributed by atoms with Gasteiger partial charge >= 0.3 is 0 Å². The Kier molecular flexibility index (Phi) is 18.8. The van der Waals surface area contributed by atoms with Crippen molar-refractivity contribution in [2.24, 2.45) is 0 Å². The van der Waals surface area contributed by atoms with E-state index in [1.54, 1.807) is 7.11 Å². The van der Waals surface area contributed by atoms with Gasteiger partial charge in [0.05, 0.1) is 6.61 Å². The Labute approximate surface area is 157 Å². The van der Waals surface area contributed by atoms with Crippen molar-refractivity contribution in [1.29, 1.82) is 0 Å². The van der Waals surface area contributed by atoms with Crippen molar-refractivity contribution in [2.75, 3.05) is 13.7 Å². The van der Waals surface area contributed by atoms with E-state index in [1.165, 1.54) is 70.6 Å². The van der Waals surface area contributed by atoms with Crippen LogP contribution in [0.5, 0.6) is 0 Å². The first-order valence-corrected chi connectivity index (χ1v) is 10.6. The first-order chi connectivity index (χ1) is 12.2. The summed E-state index contributed by atoms with van der Waals surface area (Å²) in [5.41, 5.74) is 0. The summed E-state index contributed by atoms with van der Waals surface area (Å²) in [4.78, 5) is 11.7. The minimum absolute atomic E-state index is 0.112. The molecule has 0 aromatic carbocycles. The van der Waals surface area contributed by atoms with Gasteiger partial charge in [0.15, 0.2) is 0 Å². The number of rotatable bonds is 18. The van der Waals surface area contributed by atoms with Gasteiger partial charge in [-0.1, -0.05) is 70.4 Å². The zero-order valence-electron chi connectivity index (χ0n) is 17.2. The van der Waals surface area contributed by atoms with Gasteiger partial charge in [0.1, 0.15) is 0 Å². The van der Waals surface area contributed by atoms with Crippen LogP contribution in [-0.2, 0) is 9.53 Å². The van der Waals surface area contributed by atoms with Crippen molar-refractivity contribution in [3.8, 4) is 0 Å². The van der Waals surface area contributed by atoms with Crippen LogP contribution in [0.4, 0.5) is 0 Å². The Balaban J connectivity index is 3.25. The van der Waals surface area contributed by atoms with Crippen LogP contribution in [0, 0.1) is 0 Å². The molecule has 1 amide bonds. The van der Waals surface area contributed by atoms with Crippen molar-refractivity contribution in [2.45, 2.75) is 110 Å². The summed E-state index contributed by atoms with van der Waals surface area (Å²) in [6.07, 6.45) is 22.1. The van der Waals surface area contributed by atoms with Gasteiger partial charge in [0.25, 0.3) is 0 Å². The van der Waals surface area contributed by atoms with Crippen LogP contribution in [0.3, 0.4) is 0 Å². The smallest absolute Gasteiger partial charge is 0.220 e. The molecule has 25 heavy (non-hydrogen) atoms. The highest BCUT2D eigenvalue weighted by Crippen LogP contribution is 2.10. The molecule has 0 aromatic rings. The van der Waals surface area contributed by atoms with Crippen LogP contribution in [0.25, 0.3) is 0 Å². The van der Waals surface area contributed by atoms with Gasteiger partial charge in [0, 0.05) is 19.6 Å². The third-order valence-corrected chi connectivity index (χ3v) is 4.49. The van der Waals surface area contributed by atoms with Crippen LogP contribution in [-0.4, -0.2) is 25.7 Å². The molecule has 0 rings (SSSR count). The van der Waals surface area contributed by atoms with Crippen LogP contribution in [0.1, 0.15) is 104 Å². The molecule has 1 atom stereocenters. The molecule has 1 unspecified atom stereocenters. The average molecular weight is 354 g/mol. The third-order valence-electron chi connectivity index (χ3n) is 4.49. The van der Waals surface area contributed by atoms with Crippen molar-refractivity contribution in [3.05, 3.63) is 12.2 Å². The molecular weight excluding hydrogens is 310 g/mol. The second-order valence-corrected chi connectivity index (χ2v) is 7.26. The quantitative estimate of drug-likeness (QED) is 0.236. The van der Waals surface area contributed by atoms with E-state index < -0.39 is 0 Å². The van der Waals surface area contributed by atoms with Gasteiger partial charge in [-0.15, -0.1) is 0 Å². The summed E-state index contributed by atoms with van der Waals surface area (Å²) in [6.45, 7) is 4.82. The van der Waals surface area contributed by atoms with Crippen molar-refractivity contribution in [1.82, 2.24) is 5.32 Å². The number of ether oxygens (including phenoxy) is 1. The summed E-state index contributed by atoms with van der Waals surface area (Å²) in [5.74, 6) is 0.155. The largest absolute Gasteiger partial charge is 0.383 e. The molecule has 0 aliphatic carbocycles. The normalized spacial score (nSPS) is 12.6. The van der Waals surface area contributed by atoms with Crippen LogP contribution in [0.15, 0.2) is 12.2 Å². The summed E-state index contributed by atoms with van der Waals surface area (Å²) in [5, 5.41) is 2.96. The molecule has 0 heterocycles. The lowest BCUT2D eigenvalue weighted by molar-refractivity contribution is -0.122. The maximum atomic E-state index is 11.7. The number of unbranched alkanes of at least 4 members (excludes halogenated alkanes) is 11. The second kappa shape index (κ2) is 19.5. The molecule has 0 aliphatic rings. The van der Waals surface area contributed by atoms with E-state index in [1.807, 2.05) is 6.92 Å². The highest BCUT2D eigenvalue weighted by Gasteiger charge is 2.06. The number of carbonyl (C=O) groups is 1. The summed E-state index contributed by atoms with van der Waals surface area (Å²) < 4.78 is 5.02. The van der Waals surface area contributed by atoms with Gasteiger partial charge < -0.3 is 10.1 Å². The Hall–Kier alpha value is -0.830. The Morgan fingerprint density at radius 2 is 1.40 bits per heavy atom. The maximum absolute atomic E-state index is 11.7. The summed E-state index contributed by atoms with van der Waals surface area (Å²) in [6, 6.07) is 0.112. The molecule has 148 valence electrons. The number of nitrogens with one attached hydrogen (secondary N) is 1. The number of methoxy groups -OCH3 is 1. The summed E-state index contributed by atoms with van der Waals surface area (Å²) in [7, 11) is 1.66. The first-order valence-electron chi connectivity index (χ1n) is 10.6. The van der Waals surface area contributed by atoms with E-state index in [0.29, 0.717) is 13.0 Å². The fraction of sp³-hybridized carbons (Fsp3) is 0.864. The number of hydrogen-bond acceptors (Lipinski definition) is 2. The van der Waals surface area contributed by atoms with E-state index in [-0.39, 0.29) is 11.9 Å². The maximum Gasteiger partial charge on any atom is 0.220 e. The minimum atomic E-state index is 0.112. The highest BCUT2D eigenvalue weighted by molar-refractivity contribution is 5.76. The number of allylic oxidation sites excluding steroid dienone is 2. The second-order valence-electron chi connectivity index (χ2n) is 7.26. The zero-order valence-corrected chi connectivity index (χ0v) is 17.2. The predicted octanol–water partition coefficient (Wildman–Crippen LogP) is 6.18. The van der Waals surface area contributed by atoms with Gasteiger partial charge in [-0.25, -0.2) is 0 Å². The number of hydrogen-bond donors (Lipinski definition) is 1. The van der Waals surface area contributed by atoms with Gasteiger partial charge in [0.2, 0.25) is 5.91 Å². The van der Waals surface area contributed by atoms with Gasteiger partial charge in [-0.2, -0.15) is 0 Å². The molecule has 0 saturated carbocycles. The van der Waals surface area contributed by atoms with Gasteiger partial charge in [-0.05, 0) is 39.0 Å². The predicted molar refractivity (Wildman–Crippen MR) is 109 cm³/mol. The van der Waals surface area contributed by atoms with E-state index in [2.05, 4.69) is 24.4 Å². The monoisotopic (exact) mass is 353 g/mol. The average Bonchev–Trinajstić information content (AvgIpc) is 2.58. The molecule has 0 bridgehead atoms. The molecule has 3 nitrogen and oxygen atoms in total. The van der Waals surface area contributed by atoms with E-state index in [0.717, 1.165) is 12.8 Å². The van der Waals surface area contributed by atoms with Crippen LogP contribution >= 0.6 is 0 Å². The number of carbonyl (C=O) groups excluding carboxylic acids is 1. The molecule has 0 aliphatic heterocycles. The zero-order chi connectivity index (χ0) is 18.6. The van der Waals surface area contributed by atoms with Crippen molar-refractivity contribution in [3.63, 3.8) is 0 Å². The van der Waals surface area contributed by atoms with Crippen LogP contribution in [0.2, 0.25) is 0 Å². The first kappa shape index (κ1) is 24.2.